The Balaban J connectivity index is 0.000000606. The normalized spacial score (nSPS) is 43.5. The van der Waals surface area contributed by atoms with Crippen LogP contribution in [0.3, 0.4) is 0 Å². The summed E-state index contributed by atoms with van der Waals surface area (Å²) in [4.78, 5) is 0. The molecule has 0 radical (unpaired) electrons. The van der Waals surface area contributed by atoms with Crippen LogP contribution in [-0.4, -0.2) is 42.6 Å². The van der Waals surface area contributed by atoms with Crippen LogP contribution in [-0.2, 0) is 9.47 Å². The zero-order valence-electron chi connectivity index (χ0n) is 11.4. The van der Waals surface area contributed by atoms with Crippen molar-refractivity contribution < 1.29 is 9.47 Å². The minimum Gasteiger partial charge on any atom is -0.374 e. The third kappa shape index (κ3) is 2.40. The highest BCUT2D eigenvalue weighted by molar-refractivity contribution is 5.01. The van der Waals surface area contributed by atoms with Gasteiger partial charge in [0.25, 0.3) is 0 Å². The molecule has 0 aromatic heterocycles. The van der Waals surface area contributed by atoms with Crippen molar-refractivity contribution >= 4 is 0 Å². The average Bonchev–Trinajstić information content (AvgIpc) is 2.57. The van der Waals surface area contributed by atoms with E-state index in [4.69, 9.17) is 9.47 Å². The van der Waals surface area contributed by atoms with Gasteiger partial charge in [-0.25, -0.2) is 5.01 Å². The van der Waals surface area contributed by atoms with Gasteiger partial charge in [-0.3, -0.25) is 5.43 Å². The van der Waals surface area contributed by atoms with Crippen LogP contribution < -0.4 is 5.43 Å². The molecule has 16 heavy (non-hydrogen) atoms. The van der Waals surface area contributed by atoms with E-state index >= 15 is 0 Å². The van der Waals surface area contributed by atoms with E-state index < -0.39 is 0 Å². The number of hydrogen-bond acceptors (Lipinski definition) is 4. The molecule has 0 amide bonds. The molecule has 2 fully saturated rings. The second-order valence-electron chi connectivity index (χ2n) is 4.58. The number of rotatable bonds is 1. The first-order valence-electron chi connectivity index (χ1n) is 6.30. The van der Waals surface area contributed by atoms with Gasteiger partial charge in [-0.05, 0) is 27.8 Å². The fourth-order valence-electron chi connectivity index (χ4n) is 2.91. The lowest BCUT2D eigenvalue weighted by molar-refractivity contribution is -0.137. The van der Waals surface area contributed by atoms with Gasteiger partial charge in [-0.2, -0.15) is 0 Å². The fraction of sp³-hybridized carbons (Fsp3) is 1.00. The first-order chi connectivity index (χ1) is 7.57. The number of nitrogens with zero attached hydrogens (tertiary/aromatic N) is 1. The van der Waals surface area contributed by atoms with Crippen LogP contribution in [0, 0.1) is 0 Å². The van der Waals surface area contributed by atoms with E-state index in [0.717, 1.165) is 6.42 Å². The number of ether oxygens (including phenoxy) is 2. The van der Waals surface area contributed by atoms with Crippen molar-refractivity contribution in [1.29, 1.82) is 0 Å². The molecule has 0 aliphatic carbocycles. The fourth-order valence-corrected chi connectivity index (χ4v) is 2.91. The van der Waals surface area contributed by atoms with Crippen molar-refractivity contribution in [1.82, 2.24) is 10.4 Å². The molecule has 1 N–H and O–H groups in total. The quantitative estimate of drug-likeness (QED) is 0.744. The largest absolute Gasteiger partial charge is 0.374 e. The molecular weight excluding hydrogens is 204 g/mol. The van der Waals surface area contributed by atoms with E-state index in [1.807, 2.05) is 20.9 Å². The van der Waals surface area contributed by atoms with Crippen molar-refractivity contribution in [2.75, 3.05) is 13.8 Å². The summed E-state index contributed by atoms with van der Waals surface area (Å²) >= 11 is 0. The van der Waals surface area contributed by atoms with Gasteiger partial charge in [0, 0.05) is 6.42 Å². The van der Waals surface area contributed by atoms with Crippen LogP contribution in [0.4, 0.5) is 0 Å². The van der Waals surface area contributed by atoms with E-state index in [2.05, 4.69) is 31.2 Å². The monoisotopic (exact) mass is 230 g/mol. The maximum atomic E-state index is 5.87. The van der Waals surface area contributed by atoms with Gasteiger partial charge in [0.1, 0.15) is 6.73 Å². The third-order valence-electron chi connectivity index (χ3n) is 3.37. The first-order valence-corrected chi connectivity index (χ1v) is 6.30. The molecule has 4 nitrogen and oxygen atoms in total. The molecule has 4 atom stereocenters. The Bertz CT molecular complexity index is 225. The van der Waals surface area contributed by atoms with Crippen LogP contribution >= 0.6 is 0 Å². The first kappa shape index (κ1) is 13.9. The Morgan fingerprint density at radius 2 is 1.94 bits per heavy atom. The minimum absolute atomic E-state index is 0.0555. The molecule has 4 unspecified atom stereocenters. The lowest BCUT2D eigenvalue weighted by Crippen LogP contribution is -2.58. The summed E-state index contributed by atoms with van der Waals surface area (Å²) in [6.07, 6.45) is 1.49. The second kappa shape index (κ2) is 5.45. The predicted molar refractivity (Wildman–Crippen MR) is 65.0 cm³/mol. The number of hydrazine groups is 1. The molecular formula is C12H26N2O2. The lowest BCUT2D eigenvalue weighted by Gasteiger charge is -2.43. The summed E-state index contributed by atoms with van der Waals surface area (Å²) in [6.45, 7) is 11.1. The molecule has 0 aromatic carbocycles. The Hall–Kier alpha value is -0.160. The molecule has 2 saturated heterocycles. The van der Waals surface area contributed by atoms with Crippen molar-refractivity contribution in [3.8, 4) is 0 Å². The third-order valence-corrected chi connectivity index (χ3v) is 3.37. The van der Waals surface area contributed by atoms with Gasteiger partial charge in [-0.15, -0.1) is 0 Å². The lowest BCUT2D eigenvalue weighted by atomic mass is 9.85. The summed E-state index contributed by atoms with van der Waals surface area (Å²) in [7, 11) is 1.93. The summed E-state index contributed by atoms with van der Waals surface area (Å²) in [5.74, 6) is 0. The zero-order valence-corrected chi connectivity index (χ0v) is 11.4. The maximum Gasteiger partial charge on any atom is 0.113 e. The van der Waals surface area contributed by atoms with Crippen LogP contribution in [0.15, 0.2) is 0 Å². The molecule has 0 bridgehead atoms. The summed E-state index contributed by atoms with van der Waals surface area (Å²) < 4.78 is 11.7. The Morgan fingerprint density at radius 1 is 1.31 bits per heavy atom. The Morgan fingerprint density at radius 3 is 2.50 bits per heavy atom. The van der Waals surface area contributed by atoms with Gasteiger partial charge in [-0.1, -0.05) is 13.8 Å². The number of hydrogen-bond donors (Lipinski definition) is 1. The molecule has 2 aliphatic rings. The molecule has 0 spiro atoms. The van der Waals surface area contributed by atoms with E-state index in [1.165, 1.54) is 0 Å². The molecule has 0 aromatic rings. The van der Waals surface area contributed by atoms with Crippen LogP contribution in [0.1, 0.15) is 41.0 Å². The standard InChI is InChI=1S/C10H20N2O2.C2H6/c1-7-5-10(3)9(8(2)14-7)12(11-4)6-13-10;1-2/h7-9,11H,5-6H2,1-4H3;1-2H3. The minimum atomic E-state index is -0.0555. The SMILES string of the molecule is CC.CNN1COC2(C)CC(C)OC(C)C12. The van der Waals surface area contributed by atoms with Crippen LogP contribution in [0.2, 0.25) is 0 Å². The average molecular weight is 230 g/mol. The predicted octanol–water partition coefficient (Wildman–Crippen LogP) is 1.76. The molecule has 2 aliphatic heterocycles. The van der Waals surface area contributed by atoms with E-state index in [0.29, 0.717) is 18.9 Å². The summed E-state index contributed by atoms with van der Waals surface area (Å²) in [5, 5.41) is 2.12. The van der Waals surface area contributed by atoms with Crippen LogP contribution in [0.25, 0.3) is 0 Å². The summed E-state index contributed by atoms with van der Waals surface area (Å²) in [5.41, 5.74) is 3.11. The van der Waals surface area contributed by atoms with Gasteiger partial charge >= 0.3 is 0 Å². The Kier molecular flexibility index (Phi) is 4.73. The van der Waals surface area contributed by atoms with Gasteiger partial charge < -0.3 is 9.47 Å². The number of nitrogens with one attached hydrogen (secondary N) is 1. The Labute approximate surface area is 99.3 Å². The van der Waals surface area contributed by atoms with E-state index in [-0.39, 0.29) is 11.7 Å². The molecule has 2 rings (SSSR count). The topological polar surface area (TPSA) is 33.7 Å². The van der Waals surface area contributed by atoms with Crippen molar-refractivity contribution in [2.45, 2.75) is 64.9 Å². The summed E-state index contributed by atoms with van der Waals surface area (Å²) in [6, 6.07) is 0.323. The highest BCUT2D eigenvalue weighted by Gasteiger charge is 2.52. The highest BCUT2D eigenvalue weighted by atomic mass is 16.6. The molecule has 4 heteroatoms. The van der Waals surface area contributed by atoms with Crippen molar-refractivity contribution in [3.63, 3.8) is 0 Å². The van der Waals surface area contributed by atoms with Gasteiger partial charge in [0.15, 0.2) is 0 Å². The van der Waals surface area contributed by atoms with Gasteiger partial charge in [0.2, 0.25) is 0 Å². The maximum absolute atomic E-state index is 5.87. The van der Waals surface area contributed by atoms with Crippen molar-refractivity contribution in [3.05, 3.63) is 0 Å². The van der Waals surface area contributed by atoms with E-state index in [1.54, 1.807) is 0 Å². The highest BCUT2D eigenvalue weighted by Crippen LogP contribution is 2.38. The van der Waals surface area contributed by atoms with Crippen LogP contribution in [0.5, 0.6) is 0 Å². The smallest absolute Gasteiger partial charge is 0.113 e. The molecule has 96 valence electrons. The van der Waals surface area contributed by atoms with Crippen molar-refractivity contribution in [2.24, 2.45) is 0 Å². The second-order valence-corrected chi connectivity index (χ2v) is 4.58. The molecule has 0 saturated carbocycles. The number of fused-ring (bicyclic) bond motifs is 1. The molecule has 2 heterocycles. The zero-order chi connectivity index (χ0) is 12.3. The van der Waals surface area contributed by atoms with E-state index in [9.17, 15) is 0 Å². The van der Waals surface area contributed by atoms with Gasteiger partial charge in [0.05, 0.1) is 23.9 Å².